The maximum atomic E-state index is 12.4. The van der Waals surface area contributed by atoms with Crippen LogP contribution in [0.15, 0.2) is 24.3 Å². The van der Waals surface area contributed by atoms with Crippen LogP contribution in [0, 0.1) is 0 Å². The average Bonchev–Trinajstić information content (AvgIpc) is 2.81. The van der Waals surface area contributed by atoms with Crippen LogP contribution in [0.1, 0.15) is 24.8 Å². The Bertz CT molecular complexity index is 683. The summed E-state index contributed by atoms with van der Waals surface area (Å²) in [5, 5.41) is 5.57. The fourth-order valence-electron chi connectivity index (χ4n) is 4.01. The quantitative estimate of drug-likeness (QED) is 0.476. The third kappa shape index (κ3) is 6.17. The van der Waals surface area contributed by atoms with E-state index in [-0.39, 0.29) is 5.41 Å². The molecule has 0 aromatic heterocycles. The first-order valence-corrected chi connectivity index (χ1v) is 10.7. The number of hydrogen-bond donors (Lipinski definition) is 2. The third-order valence-electron chi connectivity index (χ3n) is 5.99. The van der Waals surface area contributed by atoms with Gasteiger partial charge in [-0.3, -0.25) is 14.5 Å². The van der Waals surface area contributed by atoms with E-state index in [1.165, 1.54) is 0 Å². The fraction of sp³-hybridized carbons (Fsp3) is 0.636. The van der Waals surface area contributed by atoms with Gasteiger partial charge in [0.05, 0.1) is 20.3 Å². The second-order valence-electron chi connectivity index (χ2n) is 7.87. The van der Waals surface area contributed by atoms with Crippen molar-refractivity contribution in [2.45, 2.75) is 24.7 Å². The maximum Gasteiger partial charge on any atom is 0.309 e. The molecule has 0 aliphatic carbocycles. The van der Waals surface area contributed by atoms with Crippen molar-refractivity contribution in [3.05, 3.63) is 29.8 Å². The smallest absolute Gasteiger partial charge is 0.309 e. The van der Waals surface area contributed by atoms with Crippen LogP contribution in [-0.2, 0) is 24.5 Å². The van der Waals surface area contributed by atoms with Crippen molar-refractivity contribution in [3.63, 3.8) is 0 Å². The molecule has 0 saturated carbocycles. The van der Waals surface area contributed by atoms with Crippen LogP contribution in [0.2, 0.25) is 0 Å². The number of carbonyl (C=O) groups is 2. The summed E-state index contributed by atoms with van der Waals surface area (Å²) in [5.41, 5.74) is 0.884. The van der Waals surface area contributed by atoms with Gasteiger partial charge in [0.15, 0.2) is 0 Å². The van der Waals surface area contributed by atoms with Gasteiger partial charge < -0.3 is 24.8 Å². The van der Waals surface area contributed by atoms with Crippen LogP contribution >= 0.6 is 0 Å². The first kappa shape index (κ1) is 22.5. The standard InChI is InChI=1S/C22H33N3O5/c1-28-19-5-3-18(4-6-19)22(7-13-29-14-8-22)17-24-21(27)20(26)23-9-2-10-25-11-15-30-16-12-25/h3-6H,2,7-17H2,1H3,(H,23,26)(H,24,27). The molecule has 8 nitrogen and oxygen atoms in total. The number of morpholine rings is 1. The molecule has 0 radical (unpaired) electrons. The number of nitrogens with one attached hydrogen (secondary N) is 2. The number of benzene rings is 1. The molecule has 2 N–H and O–H groups in total. The number of nitrogens with zero attached hydrogens (tertiary/aromatic N) is 1. The van der Waals surface area contributed by atoms with Crippen molar-refractivity contribution < 1.29 is 23.8 Å². The maximum absolute atomic E-state index is 12.4. The van der Waals surface area contributed by atoms with Crippen LogP contribution < -0.4 is 15.4 Å². The molecule has 30 heavy (non-hydrogen) atoms. The number of rotatable bonds is 8. The van der Waals surface area contributed by atoms with Crippen molar-refractivity contribution in [1.82, 2.24) is 15.5 Å². The van der Waals surface area contributed by atoms with E-state index in [4.69, 9.17) is 14.2 Å². The minimum absolute atomic E-state index is 0.239. The summed E-state index contributed by atoms with van der Waals surface area (Å²) in [7, 11) is 1.64. The summed E-state index contributed by atoms with van der Waals surface area (Å²) in [4.78, 5) is 26.9. The van der Waals surface area contributed by atoms with Crippen molar-refractivity contribution in [3.8, 4) is 5.75 Å². The molecule has 2 aliphatic rings. The lowest BCUT2D eigenvalue weighted by atomic mass is 9.74. The summed E-state index contributed by atoms with van der Waals surface area (Å²) in [5.74, 6) is -0.365. The number of methoxy groups -OCH3 is 1. The topological polar surface area (TPSA) is 89.1 Å². The number of carbonyl (C=O) groups excluding carboxylic acids is 2. The Kier molecular flexibility index (Phi) is 8.48. The Morgan fingerprint density at radius 2 is 1.63 bits per heavy atom. The van der Waals surface area contributed by atoms with Crippen molar-refractivity contribution in [2.24, 2.45) is 0 Å². The molecule has 1 aromatic carbocycles. The van der Waals surface area contributed by atoms with Gasteiger partial charge in [-0.2, -0.15) is 0 Å². The van der Waals surface area contributed by atoms with Crippen LogP contribution in [0.25, 0.3) is 0 Å². The lowest BCUT2D eigenvalue weighted by molar-refractivity contribution is -0.139. The highest BCUT2D eigenvalue weighted by atomic mass is 16.5. The highest BCUT2D eigenvalue weighted by Crippen LogP contribution is 2.35. The van der Waals surface area contributed by atoms with E-state index in [2.05, 4.69) is 15.5 Å². The molecule has 2 aliphatic heterocycles. The van der Waals surface area contributed by atoms with Gasteiger partial charge in [-0.1, -0.05) is 12.1 Å². The van der Waals surface area contributed by atoms with Crippen LogP contribution in [0.4, 0.5) is 0 Å². The third-order valence-corrected chi connectivity index (χ3v) is 5.99. The molecule has 1 aromatic rings. The summed E-state index contributed by atoms with van der Waals surface area (Å²) >= 11 is 0. The molecule has 3 rings (SSSR count). The molecule has 0 bridgehead atoms. The first-order chi connectivity index (χ1) is 14.6. The minimum Gasteiger partial charge on any atom is -0.497 e. The zero-order valence-corrected chi connectivity index (χ0v) is 17.8. The van der Waals surface area contributed by atoms with Gasteiger partial charge in [0.1, 0.15) is 5.75 Å². The van der Waals surface area contributed by atoms with Crippen LogP contribution in [-0.4, -0.2) is 83.0 Å². The lowest BCUT2D eigenvalue weighted by Crippen LogP contribution is -2.48. The van der Waals surface area contributed by atoms with Crippen molar-refractivity contribution >= 4 is 11.8 Å². The summed E-state index contributed by atoms with van der Waals surface area (Å²) < 4.78 is 16.1. The molecule has 0 atom stereocenters. The predicted molar refractivity (Wildman–Crippen MR) is 113 cm³/mol. The molecule has 0 spiro atoms. The monoisotopic (exact) mass is 419 g/mol. The van der Waals surface area contributed by atoms with Crippen molar-refractivity contribution in [2.75, 3.05) is 66.3 Å². The molecule has 2 amide bonds. The molecule has 0 unspecified atom stereocenters. The Morgan fingerprint density at radius 1 is 1.00 bits per heavy atom. The zero-order chi connectivity index (χ0) is 21.2. The Hall–Kier alpha value is -2.16. The fourth-order valence-corrected chi connectivity index (χ4v) is 4.01. The summed E-state index contributed by atoms with van der Waals surface area (Å²) in [6.45, 7) is 6.42. The molecule has 2 fully saturated rings. The number of hydrogen-bond acceptors (Lipinski definition) is 6. The second-order valence-corrected chi connectivity index (χ2v) is 7.87. The van der Waals surface area contributed by atoms with Crippen molar-refractivity contribution in [1.29, 1.82) is 0 Å². The largest absolute Gasteiger partial charge is 0.497 e. The minimum atomic E-state index is -0.583. The first-order valence-electron chi connectivity index (χ1n) is 10.7. The highest BCUT2D eigenvalue weighted by molar-refractivity contribution is 6.35. The molecule has 8 heteroatoms. The van der Waals surface area contributed by atoms with Gasteiger partial charge in [0.2, 0.25) is 0 Å². The molecular formula is C22H33N3O5. The van der Waals surface area contributed by atoms with E-state index in [0.717, 1.165) is 63.4 Å². The van der Waals surface area contributed by atoms with Crippen LogP contribution in [0.5, 0.6) is 5.75 Å². The lowest BCUT2D eigenvalue weighted by Gasteiger charge is -2.38. The number of ether oxygens (including phenoxy) is 3. The van der Waals surface area contributed by atoms with E-state index in [0.29, 0.717) is 26.3 Å². The predicted octanol–water partition coefficient (Wildman–Crippen LogP) is 0.698. The Balaban J connectivity index is 1.46. The van der Waals surface area contributed by atoms with E-state index >= 15 is 0 Å². The average molecular weight is 420 g/mol. The van der Waals surface area contributed by atoms with Crippen LogP contribution in [0.3, 0.4) is 0 Å². The summed E-state index contributed by atoms with van der Waals surface area (Å²) in [6, 6.07) is 7.91. The number of amides is 2. The van der Waals surface area contributed by atoms with Gasteiger partial charge in [0, 0.05) is 44.8 Å². The van der Waals surface area contributed by atoms with E-state index in [1.807, 2.05) is 24.3 Å². The van der Waals surface area contributed by atoms with E-state index in [1.54, 1.807) is 7.11 Å². The normalized spacial score (nSPS) is 19.1. The molecule has 2 heterocycles. The molecule has 166 valence electrons. The molecule has 2 saturated heterocycles. The van der Waals surface area contributed by atoms with E-state index < -0.39 is 11.8 Å². The van der Waals surface area contributed by atoms with Gasteiger partial charge in [-0.25, -0.2) is 0 Å². The molecular weight excluding hydrogens is 386 g/mol. The zero-order valence-electron chi connectivity index (χ0n) is 17.8. The summed E-state index contributed by atoms with van der Waals surface area (Å²) in [6.07, 6.45) is 2.40. The Morgan fingerprint density at radius 3 is 2.30 bits per heavy atom. The van der Waals surface area contributed by atoms with E-state index in [9.17, 15) is 9.59 Å². The highest BCUT2D eigenvalue weighted by Gasteiger charge is 2.35. The second kappa shape index (κ2) is 11.3. The SMILES string of the molecule is COc1ccc(C2(CNC(=O)C(=O)NCCCN3CCOCC3)CCOCC2)cc1. The van der Waals surface area contributed by atoms with Gasteiger partial charge in [-0.15, -0.1) is 0 Å². The van der Waals surface area contributed by atoms with Gasteiger partial charge >= 0.3 is 11.8 Å². The Labute approximate surface area is 178 Å². The van der Waals surface area contributed by atoms with Gasteiger partial charge in [-0.05, 0) is 43.5 Å². The van der Waals surface area contributed by atoms with Gasteiger partial charge in [0.25, 0.3) is 0 Å².